The highest BCUT2D eigenvalue weighted by Crippen LogP contribution is 2.43. The Morgan fingerprint density at radius 2 is 1.83 bits per heavy atom. The molecule has 4 heteroatoms. The molecule has 1 aliphatic carbocycles. The second-order valence-corrected chi connectivity index (χ2v) is 10.6. The Balaban J connectivity index is 1.38. The predicted molar refractivity (Wildman–Crippen MR) is 148 cm³/mol. The van der Waals surface area contributed by atoms with Crippen LogP contribution in [0.25, 0.3) is 15.7 Å². The van der Waals surface area contributed by atoms with E-state index in [4.69, 9.17) is 4.74 Å². The summed E-state index contributed by atoms with van der Waals surface area (Å²) in [5.41, 5.74) is 4.53. The van der Waals surface area contributed by atoms with Gasteiger partial charge < -0.3 is 14.7 Å². The molecule has 1 unspecified atom stereocenters. The molecule has 2 aromatic carbocycles. The minimum Gasteiger partial charge on any atom is -0.497 e. The first-order valence-corrected chi connectivity index (χ1v) is 13.7. The van der Waals surface area contributed by atoms with Crippen LogP contribution in [0, 0.1) is 0 Å². The molecule has 1 aliphatic heterocycles. The zero-order valence-electron chi connectivity index (χ0n) is 20.6. The van der Waals surface area contributed by atoms with Gasteiger partial charge in [0.05, 0.1) is 7.11 Å². The summed E-state index contributed by atoms with van der Waals surface area (Å²) in [6.07, 6.45) is 17.1. The Kier molecular flexibility index (Phi) is 7.82. The zero-order chi connectivity index (χ0) is 24.0. The van der Waals surface area contributed by atoms with Crippen molar-refractivity contribution >= 4 is 27.0 Å². The van der Waals surface area contributed by atoms with Crippen LogP contribution in [-0.4, -0.2) is 36.8 Å². The zero-order valence-corrected chi connectivity index (χ0v) is 21.4. The van der Waals surface area contributed by atoms with Crippen LogP contribution < -0.4 is 4.74 Å². The number of piperidine rings is 1. The second kappa shape index (κ2) is 11.4. The first-order valence-electron chi connectivity index (χ1n) is 12.9. The lowest BCUT2D eigenvalue weighted by atomic mass is 9.94. The second-order valence-electron chi connectivity index (χ2n) is 9.57. The van der Waals surface area contributed by atoms with Crippen molar-refractivity contribution in [3.63, 3.8) is 0 Å². The van der Waals surface area contributed by atoms with E-state index in [-0.39, 0.29) is 0 Å². The Hall–Kier alpha value is -2.66. The van der Waals surface area contributed by atoms with Crippen LogP contribution in [-0.2, 0) is 6.42 Å². The van der Waals surface area contributed by atoms with Gasteiger partial charge in [0, 0.05) is 15.1 Å². The van der Waals surface area contributed by atoms with Crippen LogP contribution in [0.5, 0.6) is 5.75 Å². The lowest BCUT2D eigenvalue weighted by Gasteiger charge is -2.26. The molecule has 1 N–H and O–H groups in total. The van der Waals surface area contributed by atoms with E-state index in [0.717, 1.165) is 44.7 Å². The highest BCUT2D eigenvalue weighted by atomic mass is 32.1. The summed E-state index contributed by atoms with van der Waals surface area (Å²) in [5, 5.41) is 12.7. The number of ether oxygens (including phenoxy) is 1. The maximum Gasteiger partial charge on any atom is 0.120 e. The summed E-state index contributed by atoms with van der Waals surface area (Å²) in [6.45, 7) is 3.71. The van der Waals surface area contributed by atoms with Gasteiger partial charge >= 0.3 is 0 Å². The van der Waals surface area contributed by atoms with E-state index in [1.807, 2.05) is 6.07 Å². The molecule has 35 heavy (non-hydrogen) atoms. The fourth-order valence-electron chi connectivity index (χ4n) is 5.20. The minimum atomic E-state index is -0.674. The summed E-state index contributed by atoms with van der Waals surface area (Å²) in [7, 11) is 1.70. The van der Waals surface area contributed by atoms with Crippen molar-refractivity contribution in [1.82, 2.24) is 4.90 Å². The highest BCUT2D eigenvalue weighted by molar-refractivity contribution is 7.20. The fraction of sp³-hybridized carbons (Fsp3) is 0.355. The molecule has 1 aromatic heterocycles. The van der Waals surface area contributed by atoms with E-state index in [2.05, 4.69) is 71.7 Å². The Labute approximate surface area is 213 Å². The molecule has 0 bridgehead atoms. The third-order valence-corrected chi connectivity index (χ3v) is 8.42. The summed E-state index contributed by atoms with van der Waals surface area (Å²) >= 11 is 1.74. The number of allylic oxidation sites excluding steroid dienone is 6. The lowest BCUT2D eigenvalue weighted by Crippen LogP contribution is -2.30. The number of hydrogen-bond donors (Lipinski definition) is 1. The van der Waals surface area contributed by atoms with Gasteiger partial charge in [-0.25, -0.2) is 0 Å². The van der Waals surface area contributed by atoms with Gasteiger partial charge in [-0.05, 0) is 92.0 Å². The Bertz CT molecular complexity index is 1230. The molecular weight excluding hydrogens is 450 g/mol. The summed E-state index contributed by atoms with van der Waals surface area (Å²) in [4.78, 5) is 3.76. The molecule has 0 radical (unpaired) electrons. The van der Waals surface area contributed by atoms with Crippen LogP contribution in [0.1, 0.15) is 59.8 Å². The van der Waals surface area contributed by atoms with Crippen LogP contribution >= 0.6 is 11.3 Å². The number of benzene rings is 2. The van der Waals surface area contributed by atoms with Gasteiger partial charge in [0.2, 0.25) is 0 Å². The van der Waals surface area contributed by atoms with Crippen LogP contribution in [0.2, 0.25) is 0 Å². The molecule has 3 nitrogen and oxygen atoms in total. The number of fused-ring (bicyclic) bond motifs is 1. The monoisotopic (exact) mass is 485 g/mol. The number of rotatable bonds is 8. The molecule has 182 valence electrons. The predicted octanol–water partition coefficient (Wildman–Crippen LogP) is 7.31. The highest BCUT2D eigenvalue weighted by Gasteiger charge is 2.23. The van der Waals surface area contributed by atoms with Crippen LogP contribution in [0.4, 0.5) is 0 Å². The van der Waals surface area contributed by atoms with Crippen molar-refractivity contribution in [1.29, 1.82) is 0 Å². The van der Waals surface area contributed by atoms with Crippen molar-refractivity contribution in [3.05, 3.63) is 94.4 Å². The van der Waals surface area contributed by atoms with Crippen molar-refractivity contribution in [2.24, 2.45) is 0 Å². The quantitative estimate of drug-likeness (QED) is 0.363. The molecule has 2 aliphatic rings. The van der Waals surface area contributed by atoms with Crippen LogP contribution in [0.3, 0.4) is 0 Å². The molecule has 0 spiro atoms. The van der Waals surface area contributed by atoms with E-state index in [1.54, 1.807) is 18.4 Å². The molecule has 1 saturated heterocycles. The van der Waals surface area contributed by atoms with E-state index in [9.17, 15) is 5.11 Å². The topological polar surface area (TPSA) is 32.7 Å². The molecule has 1 fully saturated rings. The number of likely N-dealkylation sites (tertiary alicyclic amines) is 1. The van der Waals surface area contributed by atoms with E-state index in [1.165, 1.54) is 56.5 Å². The van der Waals surface area contributed by atoms with Gasteiger partial charge in [0.25, 0.3) is 0 Å². The lowest BCUT2D eigenvalue weighted by molar-refractivity contribution is 0.222. The average molecular weight is 486 g/mol. The third kappa shape index (κ3) is 5.61. The van der Waals surface area contributed by atoms with Gasteiger partial charge in [-0.3, -0.25) is 0 Å². The van der Waals surface area contributed by atoms with Gasteiger partial charge in [0.1, 0.15) is 11.9 Å². The van der Waals surface area contributed by atoms with E-state index >= 15 is 0 Å². The molecule has 0 saturated carbocycles. The molecule has 1 atom stereocenters. The molecule has 0 amide bonds. The molecule has 2 heterocycles. The number of thiophene rings is 1. The summed E-state index contributed by atoms with van der Waals surface area (Å²) in [5.74, 6) is 0.842. The molecular formula is C31H35NO2S. The summed E-state index contributed by atoms with van der Waals surface area (Å²) in [6, 6.07) is 14.8. The number of nitrogens with zero attached hydrogens (tertiary/aromatic N) is 1. The summed E-state index contributed by atoms with van der Waals surface area (Å²) < 4.78 is 6.61. The van der Waals surface area contributed by atoms with Gasteiger partial charge in [-0.2, -0.15) is 0 Å². The number of hydrogen-bond acceptors (Lipinski definition) is 4. The molecule has 3 aromatic rings. The minimum absolute atomic E-state index is 0.674. The number of aliphatic hydroxyl groups excluding tert-OH is 1. The van der Waals surface area contributed by atoms with Crippen molar-refractivity contribution in [3.8, 4) is 5.75 Å². The first kappa shape index (κ1) is 24.1. The van der Waals surface area contributed by atoms with E-state index in [0.29, 0.717) is 0 Å². The number of aliphatic hydroxyl groups is 1. The average Bonchev–Trinajstić information content (AvgIpc) is 3.07. The largest absolute Gasteiger partial charge is 0.497 e. The Morgan fingerprint density at radius 3 is 2.63 bits per heavy atom. The normalized spacial score (nSPS) is 17.4. The number of aryl methyl sites for hydroxylation is 1. The van der Waals surface area contributed by atoms with E-state index < -0.39 is 6.10 Å². The van der Waals surface area contributed by atoms with Gasteiger partial charge in [-0.1, -0.05) is 61.1 Å². The first-order chi connectivity index (χ1) is 17.2. The maximum atomic E-state index is 11.6. The van der Waals surface area contributed by atoms with Crippen molar-refractivity contribution in [2.45, 2.75) is 44.6 Å². The SMILES string of the molecule is COc1ccc2c(C(O)c3ccc(CCCN4CCCCC4)cc3)c(C3=CC=CC=CC3)sc2c1. The van der Waals surface area contributed by atoms with Crippen molar-refractivity contribution in [2.75, 3.05) is 26.7 Å². The number of methoxy groups -OCH3 is 1. The Morgan fingerprint density at radius 1 is 1.00 bits per heavy atom. The third-order valence-electron chi connectivity index (χ3n) is 7.18. The van der Waals surface area contributed by atoms with Gasteiger partial charge in [0.15, 0.2) is 0 Å². The van der Waals surface area contributed by atoms with Crippen molar-refractivity contribution < 1.29 is 9.84 Å². The van der Waals surface area contributed by atoms with Crippen LogP contribution in [0.15, 0.2) is 72.8 Å². The fourth-order valence-corrected chi connectivity index (χ4v) is 6.50. The standard InChI is InChI=1S/C31H35NO2S/c1-34-26-17-18-27-28(22-26)35-31(25-11-5-2-3-6-12-25)29(27)30(33)24-15-13-23(14-16-24)10-9-21-32-19-7-4-8-20-32/h2-3,5-6,11,13-18,22,30,33H,4,7-10,12,19-21H2,1H3. The maximum absolute atomic E-state index is 11.6. The smallest absolute Gasteiger partial charge is 0.120 e. The molecule has 5 rings (SSSR count). The van der Waals surface area contributed by atoms with Gasteiger partial charge in [-0.15, -0.1) is 11.3 Å².